The van der Waals surface area contributed by atoms with E-state index in [1.165, 1.54) is 0 Å². The Hall–Kier alpha value is -1.16. The summed E-state index contributed by atoms with van der Waals surface area (Å²) in [5.74, 6) is 1.31. The van der Waals surface area contributed by atoms with Crippen LogP contribution in [0.5, 0.6) is 0 Å². The van der Waals surface area contributed by atoms with Crippen LogP contribution in [0.3, 0.4) is 0 Å². The second-order valence-corrected chi connectivity index (χ2v) is 7.79. The fourth-order valence-corrected chi connectivity index (χ4v) is 3.53. The first-order valence-corrected chi connectivity index (χ1v) is 8.21. The molecule has 110 valence electrons. The molecule has 1 fully saturated rings. The minimum absolute atomic E-state index is 0.269. The van der Waals surface area contributed by atoms with E-state index in [0.717, 1.165) is 42.9 Å². The number of amides is 1. The third kappa shape index (κ3) is 4.44. The lowest BCUT2D eigenvalue weighted by Crippen LogP contribution is -2.33. The first-order valence-electron chi connectivity index (χ1n) is 7.22. The van der Waals surface area contributed by atoms with Crippen molar-refractivity contribution in [1.29, 1.82) is 0 Å². The Bertz CT molecular complexity index is 473. The summed E-state index contributed by atoms with van der Waals surface area (Å²) in [4.78, 5) is 14.3. The Morgan fingerprint density at radius 3 is 2.95 bits per heavy atom. The average Bonchev–Trinajstić information content (AvgIpc) is 2.57. The summed E-state index contributed by atoms with van der Waals surface area (Å²) in [6.07, 6.45) is 2.42. The van der Waals surface area contributed by atoms with E-state index in [1.807, 2.05) is 40.9 Å². The van der Waals surface area contributed by atoms with Gasteiger partial charge in [0.1, 0.15) is 0 Å². The first kappa shape index (κ1) is 15.2. The molecule has 0 bridgehead atoms. The van der Waals surface area contributed by atoms with Crippen LogP contribution in [0.25, 0.3) is 0 Å². The second kappa shape index (κ2) is 6.53. The number of nitrogens with zero attached hydrogens (tertiary/aromatic N) is 1. The highest BCUT2D eigenvalue weighted by Crippen LogP contribution is 2.30. The molecule has 1 aliphatic heterocycles. The lowest BCUT2D eigenvalue weighted by Gasteiger charge is -2.22. The van der Waals surface area contributed by atoms with Crippen molar-refractivity contribution in [3.8, 4) is 0 Å². The summed E-state index contributed by atoms with van der Waals surface area (Å²) < 4.78 is 0.295. The van der Waals surface area contributed by atoms with Crippen molar-refractivity contribution in [3.05, 3.63) is 29.8 Å². The van der Waals surface area contributed by atoms with Crippen molar-refractivity contribution in [1.82, 2.24) is 4.90 Å². The standard InChI is InChI=1S/C16H24N2OS/c1-16(2)8-9-18(10-11-20-16)15(19)7-6-13-4-3-5-14(17)12-13/h3-5,12H,6-11,17H2,1-2H3. The Morgan fingerprint density at radius 1 is 1.40 bits per heavy atom. The van der Waals surface area contributed by atoms with Gasteiger partial charge in [-0.1, -0.05) is 26.0 Å². The molecular weight excluding hydrogens is 268 g/mol. The molecule has 1 aliphatic rings. The van der Waals surface area contributed by atoms with Gasteiger partial charge < -0.3 is 10.6 Å². The lowest BCUT2D eigenvalue weighted by molar-refractivity contribution is -0.130. The van der Waals surface area contributed by atoms with Gasteiger partial charge in [0.05, 0.1) is 0 Å². The monoisotopic (exact) mass is 292 g/mol. The molecule has 1 aromatic rings. The summed E-state index contributed by atoms with van der Waals surface area (Å²) in [5, 5.41) is 0. The fraction of sp³-hybridized carbons (Fsp3) is 0.562. The molecule has 1 saturated heterocycles. The zero-order chi connectivity index (χ0) is 14.6. The van der Waals surface area contributed by atoms with Gasteiger partial charge in [-0.05, 0) is 30.5 Å². The third-order valence-electron chi connectivity index (χ3n) is 3.77. The van der Waals surface area contributed by atoms with Gasteiger partial charge in [-0.2, -0.15) is 11.8 Å². The Morgan fingerprint density at radius 2 is 2.20 bits per heavy atom. The van der Waals surface area contributed by atoms with Gasteiger partial charge >= 0.3 is 0 Å². The highest BCUT2D eigenvalue weighted by atomic mass is 32.2. The Balaban J connectivity index is 1.85. The molecule has 0 aromatic heterocycles. The maximum absolute atomic E-state index is 12.3. The fourth-order valence-electron chi connectivity index (χ4n) is 2.43. The van der Waals surface area contributed by atoms with Gasteiger partial charge in [0.25, 0.3) is 0 Å². The van der Waals surface area contributed by atoms with Crippen LogP contribution in [-0.2, 0) is 11.2 Å². The molecule has 4 heteroatoms. The van der Waals surface area contributed by atoms with E-state index in [0.29, 0.717) is 11.2 Å². The van der Waals surface area contributed by atoms with Gasteiger partial charge in [-0.15, -0.1) is 0 Å². The number of thioether (sulfide) groups is 1. The number of hydrogen-bond donors (Lipinski definition) is 1. The number of nitrogen functional groups attached to an aromatic ring is 1. The van der Waals surface area contributed by atoms with Crippen molar-refractivity contribution in [3.63, 3.8) is 0 Å². The van der Waals surface area contributed by atoms with E-state index in [2.05, 4.69) is 13.8 Å². The molecule has 2 rings (SSSR count). The van der Waals surface area contributed by atoms with E-state index < -0.39 is 0 Å². The topological polar surface area (TPSA) is 46.3 Å². The largest absolute Gasteiger partial charge is 0.399 e. The van der Waals surface area contributed by atoms with E-state index >= 15 is 0 Å². The summed E-state index contributed by atoms with van der Waals surface area (Å²) in [7, 11) is 0. The van der Waals surface area contributed by atoms with Crippen molar-refractivity contribution >= 4 is 23.4 Å². The Labute approximate surface area is 125 Å². The van der Waals surface area contributed by atoms with Gasteiger partial charge in [0.15, 0.2) is 0 Å². The summed E-state index contributed by atoms with van der Waals surface area (Å²) in [6, 6.07) is 7.80. The van der Waals surface area contributed by atoms with Crippen LogP contribution < -0.4 is 5.73 Å². The predicted molar refractivity (Wildman–Crippen MR) is 86.9 cm³/mol. The molecule has 0 spiro atoms. The normalized spacial score (nSPS) is 18.6. The number of carbonyl (C=O) groups excluding carboxylic acids is 1. The molecule has 1 aromatic carbocycles. The van der Waals surface area contributed by atoms with Gasteiger partial charge in [0, 0.05) is 35.7 Å². The molecule has 20 heavy (non-hydrogen) atoms. The van der Waals surface area contributed by atoms with Crippen LogP contribution in [0, 0.1) is 0 Å². The maximum atomic E-state index is 12.3. The maximum Gasteiger partial charge on any atom is 0.222 e. The quantitative estimate of drug-likeness (QED) is 0.871. The highest BCUT2D eigenvalue weighted by Gasteiger charge is 2.25. The number of hydrogen-bond acceptors (Lipinski definition) is 3. The average molecular weight is 292 g/mol. The van der Waals surface area contributed by atoms with E-state index in [1.54, 1.807) is 0 Å². The molecule has 2 N–H and O–H groups in total. The second-order valence-electron chi connectivity index (χ2n) is 5.98. The molecular formula is C16H24N2OS. The zero-order valence-corrected chi connectivity index (χ0v) is 13.2. The predicted octanol–water partition coefficient (Wildman–Crippen LogP) is 2.95. The van der Waals surface area contributed by atoms with Crippen LogP contribution in [0.4, 0.5) is 5.69 Å². The number of nitrogens with two attached hydrogens (primary N) is 1. The molecule has 0 atom stereocenters. The van der Waals surface area contributed by atoms with Gasteiger partial charge in [-0.3, -0.25) is 4.79 Å². The minimum atomic E-state index is 0.269. The summed E-state index contributed by atoms with van der Waals surface area (Å²) in [5.41, 5.74) is 7.67. The SMILES string of the molecule is CC1(C)CCN(C(=O)CCc2cccc(N)c2)CCS1. The molecule has 0 unspecified atom stereocenters. The summed E-state index contributed by atoms with van der Waals surface area (Å²) in [6.45, 7) is 6.29. The van der Waals surface area contributed by atoms with Crippen molar-refractivity contribution in [2.24, 2.45) is 0 Å². The first-order chi connectivity index (χ1) is 9.46. The van der Waals surface area contributed by atoms with Crippen molar-refractivity contribution < 1.29 is 4.79 Å². The molecule has 1 heterocycles. The number of carbonyl (C=O) groups is 1. The Kier molecular flexibility index (Phi) is 4.97. The highest BCUT2D eigenvalue weighted by molar-refractivity contribution is 8.00. The lowest BCUT2D eigenvalue weighted by atomic mass is 10.1. The van der Waals surface area contributed by atoms with E-state index in [9.17, 15) is 4.79 Å². The van der Waals surface area contributed by atoms with Crippen molar-refractivity contribution in [2.75, 3.05) is 24.6 Å². The molecule has 0 radical (unpaired) electrons. The molecule has 0 aliphatic carbocycles. The minimum Gasteiger partial charge on any atom is -0.399 e. The molecule has 3 nitrogen and oxygen atoms in total. The van der Waals surface area contributed by atoms with Crippen LogP contribution >= 0.6 is 11.8 Å². The molecule has 0 saturated carbocycles. The van der Waals surface area contributed by atoms with E-state index in [-0.39, 0.29) is 5.91 Å². The number of benzene rings is 1. The van der Waals surface area contributed by atoms with E-state index in [4.69, 9.17) is 5.73 Å². The van der Waals surface area contributed by atoms with Crippen LogP contribution in [0.15, 0.2) is 24.3 Å². The summed E-state index contributed by atoms with van der Waals surface area (Å²) >= 11 is 1.97. The number of aryl methyl sites for hydroxylation is 1. The van der Waals surface area contributed by atoms with Crippen LogP contribution in [0.1, 0.15) is 32.3 Å². The van der Waals surface area contributed by atoms with Crippen molar-refractivity contribution in [2.45, 2.75) is 37.9 Å². The smallest absolute Gasteiger partial charge is 0.222 e. The zero-order valence-electron chi connectivity index (χ0n) is 12.4. The third-order valence-corrected chi connectivity index (χ3v) is 5.14. The molecule has 1 amide bonds. The number of rotatable bonds is 3. The van der Waals surface area contributed by atoms with Gasteiger partial charge in [0.2, 0.25) is 5.91 Å². The number of anilines is 1. The van der Waals surface area contributed by atoms with Crippen LogP contribution in [0.2, 0.25) is 0 Å². The van der Waals surface area contributed by atoms with Gasteiger partial charge in [-0.25, -0.2) is 0 Å². The van der Waals surface area contributed by atoms with Crippen LogP contribution in [-0.4, -0.2) is 34.4 Å².